The molecule has 3 N–H and O–H groups in total. The van der Waals surface area contributed by atoms with Crippen LogP contribution in [0.5, 0.6) is 0 Å². The molecule has 0 radical (unpaired) electrons. The topological polar surface area (TPSA) is 68.0 Å². The maximum absolute atomic E-state index is 12.1. The predicted molar refractivity (Wildman–Crippen MR) is 82.8 cm³/mol. The van der Waals surface area contributed by atoms with E-state index in [1.54, 1.807) is 25.1 Å². The number of nitrogens with one attached hydrogen (secondary N) is 1. The summed E-state index contributed by atoms with van der Waals surface area (Å²) in [4.78, 5) is 16.0. The van der Waals surface area contributed by atoms with E-state index < -0.39 is 0 Å². The molecule has 1 aromatic carbocycles. The first kappa shape index (κ1) is 14.9. The molecule has 0 aliphatic carbocycles. The first-order valence-electron chi connectivity index (χ1n) is 5.57. The van der Waals surface area contributed by atoms with E-state index in [1.807, 2.05) is 0 Å². The number of carbonyl (C=O) groups excluding carboxylic acids is 1. The van der Waals surface area contributed by atoms with Gasteiger partial charge in [-0.05, 0) is 36.8 Å². The van der Waals surface area contributed by atoms with Crippen LogP contribution < -0.4 is 11.1 Å². The number of benzene rings is 1. The van der Waals surface area contributed by atoms with Gasteiger partial charge in [0, 0.05) is 5.56 Å². The summed E-state index contributed by atoms with van der Waals surface area (Å²) in [7, 11) is 0. The fourth-order valence-corrected chi connectivity index (χ4v) is 2.36. The molecule has 0 fully saturated rings. The maximum Gasteiger partial charge on any atom is 0.255 e. The molecule has 2 aromatic rings. The summed E-state index contributed by atoms with van der Waals surface area (Å²) < 4.78 is 0. The van der Waals surface area contributed by atoms with Crippen molar-refractivity contribution in [2.75, 3.05) is 11.1 Å². The van der Waals surface area contributed by atoms with Gasteiger partial charge < -0.3 is 11.1 Å². The van der Waals surface area contributed by atoms with Gasteiger partial charge in [-0.2, -0.15) is 0 Å². The van der Waals surface area contributed by atoms with Gasteiger partial charge in [-0.15, -0.1) is 0 Å². The third kappa shape index (κ3) is 3.15. The minimum atomic E-state index is -0.360. The van der Waals surface area contributed by atoms with Crippen LogP contribution in [-0.4, -0.2) is 10.9 Å². The zero-order valence-corrected chi connectivity index (χ0v) is 12.6. The van der Waals surface area contributed by atoms with Gasteiger partial charge in [-0.1, -0.05) is 34.8 Å². The Hall–Kier alpha value is -1.49. The number of hydrogen-bond acceptors (Lipinski definition) is 3. The van der Waals surface area contributed by atoms with Crippen molar-refractivity contribution in [3.05, 3.63) is 50.7 Å². The maximum atomic E-state index is 12.1. The zero-order valence-electron chi connectivity index (χ0n) is 10.4. The fraction of sp³-hybridized carbons (Fsp3) is 0.0769. The van der Waals surface area contributed by atoms with E-state index in [9.17, 15) is 4.79 Å². The lowest BCUT2D eigenvalue weighted by atomic mass is 10.2. The van der Waals surface area contributed by atoms with Crippen molar-refractivity contribution in [1.29, 1.82) is 0 Å². The minimum Gasteiger partial charge on any atom is -0.398 e. The molecule has 2 rings (SSSR count). The summed E-state index contributed by atoms with van der Waals surface area (Å²) in [5.41, 5.74) is 7.50. The molecule has 0 saturated heterocycles. The summed E-state index contributed by atoms with van der Waals surface area (Å²) in [6.07, 6.45) is 0. The van der Waals surface area contributed by atoms with Crippen LogP contribution in [0.25, 0.3) is 0 Å². The van der Waals surface area contributed by atoms with Gasteiger partial charge in [-0.3, -0.25) is 4.79 Å². The highest BCUT2D eigenvalue weighted by atomic mass is 35.5. The highest BCUT2D eigenvalue weighted by Crippen LogP contribution is 2.27. The Morgan fingerprint density at radius 3 is 2.55 bits per heavy atom. The molecule has 1 heterocycles. The van der Waals surface area contributed by atoms with Crippen LogP contribution in [0.1, 0.15) is 15.9 Å². The Labute approximate surface area is 130 Å². The Morgan fingerprint density at radius 2 is 1.95 bits per heavy atom. The highest BCUT2D eigenvalue weighted by molar-refractivity contribution is 6.35. The second-order valence-electron chi connectivity index (χ2n) is 4.12. The van der Waals surface area contributed by atoms with E-state index in [2.05, 4.69) is 10.3 Å². The molecule has 0 aliphatic heterocycles. The van der Waals surface area contributed by atoms with Crippen molar-refractivity contribution in [3.8, 4) is 0 Å². The standard InChI is InChI=1S/C13H10Cl3N3O/c1-6-4-10(15)18-12(16)11(6)19-13(20)7-2-3-9(17)8(14)5-7/h2-5H,17H2,1H3,(H,19,20). The molecule has 7 heteroatoms. The smallest absolute Gasteiger partial charge is 0.255 e. The Morgan fingerprint density at radius 1 is 1.25 bits per heavy atom. The molecule has 0 atom stereocenters. The van der Waals surface area contributed by atoms with E-state index in [-0.39, 0.29) is 16.2 Å². The number of anilines is 2. The van der Waals surface area contributed by atoms with Crippen molar-refractivity contribution >= 4 is 52.1 Å². The second-order valence-corrected chi connectivity index (χ2v) is 5.27. The van der Waals surface area contributed by atoms with Gasteiger partial charge >= 0.3 is 0 Å². The predicted octanol–water partition coefficient (Wildman–Crippen LogP) is 4.18. The van der Waals surface area contributed by atoms with Crippen molar-refractivity contribution in [2.45, 2.75) is 6.92 Å². The van der Waals surface area contributed by atoms with Gasteiger partial charge in [0.05, 0.1) is 16.4 Å². The number of aryl methyl sites for hydroxylation is 1. The first-order chi connectivity index (χ1) is 9.38. The second kappa shape index (κ2) is 5.87. The number of hydrogen-bond donors (Lipinski definition) is 2. The van der Waals surface area contributed by atoms with Crippen LogP contribution in [0.3, 0.4) is 0 Å². The Kier molecular flexibility index (Phi) is 4.38. The molecular weight excluding hydrogens is 321 g/mol. The van der Waals surface area contributed by atoms with Crippen molar-refractivity contribution in [3.63, 3.8) is 0 Å². The number of halogens is 3. The fourth-order valence-electron chi connectivity index (χ4n) is 1.60. The Bertz CT molecular complexity index is 666. The molecule has 1 aromatic heterocycles. The van der Waals surface area contributed by atoms with E-state index in [0.29, 0.717) is 27.5 Å². The summed E-state index contributed by atoms with van der Waals surface area (Å²) in [5, 5.41) is 3.39. The molecule has 0 aliphatic rings. The lowest BCUT2D eigenvalue weighted by molar-refractivity contribution is 0.102. The van der Waals surface area contributed by atoms with Crippen LogP contribution in [0.15, 0.2) is 24.3 Å². The zero-order chi connectivity index (χ0) is 14.9. The van der Waals surface area contributed by atoms with Crippen molar-refractivity contribution < 1.29 is 4.79 Å². The Balaban J connectivity index is 2.30. The average molecular weight is 331 g/mol. The number of carbonyl (C=O) groups is 1. The van der Waals surface area contributed by atoms with Crippen LogP contribution >= 0.6 is 34.8 Å². The summed E-state index contributed by atoms with van der Waals surface area (Å²) in [6, 6.07) is 6.23. The lowest BCUT2D eigenvalue weighted by Crippen LogP contribution is -2.13. The van der Waals surface area contributed by atoms with Gasteiger partial charge in [-0.25, -0.2) is 4.98 Å². The van der Waals surface area contributed by atoms with Gasteiger partial charge in [0.2, 0.25) is 0 Å². The number of nitrogen functional groups attached to an aromatic ring is 1. The monoisotopic (exact) mass is 329 g/mol. The number of nitrogens with two attached hydrogens (primary N) is 1. The first-order valence-corrected chi connectivity index (χ1v) is 6.71. The molecular formula is C13H10Cl3N3O. The average Bonchev–Trinajstić information content (AvgIpc) is 2.36. The normalized spacial score (nSPS) is 10.4. The lowest BCUT2D eigenvalue weighted by Gasteiger charge is -2.10. The van der Waals surface area contributed by atoms with Crippen molar-refractivity contribution in [2.24, 2.45) is 0 Å². The number of pyridine rings is 1. The van der Waals surface area contributed by atoms with Gasteiger partial charge in [0.15, 0.2) is 5.15 Å². The summed E-state index contributed by atoms with van der Waals surface area (Å²) in [6.45, 7) is 1.77. The van der Waals surface area contributed by atoms with Crippen LogP contribution in [0, 0.1) is 6.92 Å². The molecule has 1 amide bonds. The molecule has 20 heavy (non-hydrogen) atoms. The molecule has 0 spiro atoms. The van der Waals surface area contributed by atoms with E-state index in [1.165, 1.54) is 6.07 Å². The molecule has 4 nitrogen and oxygen atoms in total. The van der Waals surface area contributed by atoms with Crippen LogP contribution in [0.4, 0.5) is 11.4 Å². The number of amides is 1. The van der Waals surface area contributed by atoms with Crippen molar-refractivity contribution in [1.82, 2.24) is 4.98 Å². The number of nitrogens with zero attached hydrogens (tertiary/aromatic N) is 1. The number of rotatable bonds is 2. The SMILES string of the molecule is Cc1cc(Cl)nc(Cl)c1NC(=O)c1ccc(N)c(Cl)c1. The van der Waals surface area contributed by atoms with E-state index in [4.69, 9.17) is 40.5 Å². The molecule has 0 unspecified atom stereocenters. The van der Waals surface area contributed by atoms with Gasteiger partial charge in [0.25, 0.3) is 5.91 Å². The molecule has 104 valence electrons. The number of aromatic nitrogens is 1. The third-order valence-corrected chi connectivity index (χ3v) is 3.44. The van der Waals surface area contributed by atoms with E-state index in [0.717, 1.165) is 0 Å². The molecule has 0 bridgehead atoms. The summed E-state index contributed by atoms with van der Waals surface area (Å²) in [5.74, 6) is -0.360. The highest BCUT2D eigenvalue weighted by Gasteiger charge is 2.13. The minimum absolute atomic E-state index is 0.130. The van der Waals surface area contributed by atoms with Crippen LogP contribution in [0.2, 0.25) is 15.3 Å². The third-order valence-electron chi connectivity index (χ3n) is 2.64. The quantitative estimate of drug-likeness (QED) is 0.641. The summed E-state index contributed by atoms with van der Waals surface area (Å²) >= 11 is 17.6. The largest absolute Gasteiger partial charge is 0.398 e. The van der Waals surface area contributed by atoms with E-state index >= 15 is 0 Å². The molecule has 0 saturated carbocycles. The van der Waals surface area contributed by atoms with Gasteiger partial charge in [0.1, 0.15) is 5.15 Å². The van der Waals surface area contributed by atoms with Crippen LogP contribution in [-0.2, 0) is 0 Å².